The first kappa shape index (κ1) is 13.0. The van der Waals surface area contributed by atoms with Crippen LogP contribution in [0.15, 0.2) is 22.7 Å². The molecular formula is C12H16BrNO2. The summed E-state index contributed by atoms with van der Waals surface area (Å²) < 4.78 is 0.950. The van der Waals surface area contributed by atoms with Crippen molar-refractivity contribution in [3.63, 3.8) is 0 Å². The molecule has 0 aliphatic rings. The van der Waals surface area contributed by atoms with Crippen LogP contribution in [0.5, 0.6) is 0 Å². The monoisotopic (exact) mass is 285 g/mol. The van der Waals surface area contributed by atoms with E-state index in [0.717, 1.165) is 15.7 Å². The number of halogens is 1. The highest BCUT2D eigenvalue weighted by Gasteiger charge is 2.21. The molecule has 0 aliphatic heterocycles. The Kier molecular flexibility index (Phi) is 3.97. The fourth-order valence-electron chi connectivity index (χ4n) is 1.51. The highest BCUT2D eigenvalue weighted by Crippen LogP contribution is 2.27. The van der Waals surface area contributed by atoms with E-state index in [1.807, 2.05) is 39.0 Å². The minimum Gasteiger partial charge on any atom is -0.481 e. The van der Waals surface area contributed by atoms with Crippen molar-refractivity contribution in [3.05, 3.63) is 28.2 Å². The Labute approximate surface area is 104 Å². The van der Waals surface area contributed by atoms with Crippen LogP contribution in [0.4, 0.5) is 5.69 Å². The van der Waals surface area contributed by atoms with Crippen molar-refractivity contribution in [2.24, 2.45) is 0 Å². The van der Waals surface area contributed by atoms with Gasteiger partial charge in [-0.3, -0.25) is 4.79 Å². The molecule has 1 aromatic carbocycles. The molecule has 3 nitrogen and oxygen atoms in total. The molecule has 0 atom stereocenters. The highest BCUT2D eigenvalue weighted by molar-refractivity contribution is 9.10. The molecule has 1 aromatic rings. The number of hydrogen-bond acceptors (Lipinski definition) is 2. The third kappa shape index (κ3) is 3.85. The van der Waals surface area contributed by atoms with Gasteiger partial charge in [0.2, 0.25) is 0 Å². The number of nitrogens with one attached hydrogen (secondary N) is 1. The number of rotatable bonds is 4. The van der Waals surface area contributed by atoms with Crippen LogP contribution in [0.25, 0.3) is 0 Å². The fourth-order valence-corrected chi connectivity index (χ4v) is 2.10. The van der Waals surface area contributed by atoms with Gasteiger partial charge in [0.25, 0.3) is 0 Å². The molecule has 16 heavy (non-hydrogen) atoms. The molecular weight excluding hydrogens is 270 g/mol. The molecule has 0 bridgehead atoms. The first-order chi connectivity index (χ1) is 7.30. The molecule has 1 rings (SSSR count). The number of anilines is 1. The molecule has 2 N–H and O–H groups in total. The molecule has 0 saturated carbocycles. The zero-order valence-corrected chi connectivity index (χ0v) is 11.3. The van der Waals surface area contributed by atoms with Gasteiger partial charge in [-0.15, -0.1) is 0 Å². The van der Waals surface area contributed by atoms with Gasteiger partial charge in [0.05, 0.1) is 6.42 Å². The summed E-state index contributed by atoms with van der Waals surface area (Å²) in [5.41, 5.74) is 1.61. The van der Waals surface area contributed by atoms with Crippen LogP contribution < -0.4 is 5.32 Å². The number of aryl methyl sites for hydroxylation is 1. The van der Waals surface area contributed by atoms with E-state index in [1.54, 1.807) is 0 Å². The zero-order chi connectivity index (χ0) is 12.3. The Morgan fingerprint density at radius 3 is 2.62 bits per heavy atom. The SMILES string of the molecule is Cc1ccc(NC(C)(C)CC(=O)O)c(Br)c1. The first-order valence-corrected chi connectivity index (χ1v) is 5.85. The molecule has 4 heteroatoms. The minimum atomic E-state index is -0.805. The van der Waals surface area contributed by atoms with Gasteiger partial charge in [-0.05, 0) is 54.4 Å². The minimum absolute atomic E-state index is 0.0767. The third-order valence-corrected chi connectivity index (χ3v) is 2.85. The topological polar surface area (TPSA) is 49.3 Å². The number of carboxylic acid groups (broad SMARTS) is 1. The zero-order valence-electron chi connectivity index (χ0n) is 9.67. The van der Waals surface area contributed by atoms with Crippen molar-refractivity contribution in [2.45, 2.75) is 32.7 Å². The smallest absolute Gasteiger partial charge is 0.305 e. The number of aliphatic carboxylic acids is 1. The van der Waals surface area contributed by atoms with E-state index in [0.29, 0.717) is 0 Å². The molecule has 0 heterocycles. The fraction of sp³-hybridized carbons (Fsp3) is 0.417. The molecule has 88 valence electrons. The second-order valence-corrected chi connectivity index (χ2v) is 5.42. The number of benzene rings is 1. The number of carboxylic acids is 1. The van der Waals surface area contributed by atoms with Crippen molar-refractivity contribution >= 4 is 27.6 Å². The summed E-state index contributed by atoms with van der Waals surface area (Å²) in [4.78, 5) is 10.7. The van der Waals surface area contributed by atoms with Crippen LogP contribution >= 0.6 is 15.9 Å². The second-order valence-electron chi connectivity index (χ2n) is 4.56. The molecule has 0 aromatic heterocycles. The first-order valence-electron chi connectivity index (χ1n) is 5.06. The number of carbonyl (C=O) groups is 1. The van der Waals surface area contributed by atoms with Crippen LogP contribution in [-0.2, 0) is 4.79 Å². The Balaban J connectivity index is 2.83. The summed E-state index contributed by atoms with van der Waals surface area (Å²) in [5.74, 6) is -0.805. The van der Waals surface area contributed by atoms with Crippen molar-refractivity contribution < 1.29 is 9.90 Å². The molecule has 0 fully saturated rings. The summed E-state index contributed by atoms with van der Waals surface area (Å²) in [6.45, 7) is 5.75. The maximum absolute atomic E-state index is 10.7. The Hall–Kier alpha value is -1.03. The van der Waals surface area contributed by atoms with Gasteiger partial charge < -0.3 is 10.4 Å². The maximum atomic E-state index is 10.7. The summed E-state index contributed by atoms with van der Waals surface area (Å²) in [6.07, 6.45) is 0.0767. The summed E-state index contributed by atoms with van der Waals surface area (Å²) in [5, 5.41) is 12.0. The highest BCUT2D eigenvalue weighted by atomic mass is 79.9. The standard InChI is InChI=1S/C12H16BrNO2/c1-8-4-5-10(9(13)6-8)14-12(2,3)7-11(15)16/h4-6,14H,7H2,1-3H3,(H,15,16). The quantitative estimate of drug-likeness (QED) is 0.891. The molecule has 0 spiro atoms. The predicted molar refractivity (Wildman–Crippen MR) is 68.8 cm³/mol. The van der Waals surface area contributed by atoms with Gasteiger partial charge in [-0.2, -0.15) is 0 Å². The second kappa shape index (κ2) is 4.87. The van der Waals surface area contributed by atoms with Crippen molar-refractivity contribution in [1.29, 1.82) is 0 Å². The average Bonchev–Trinajstić information content (AvgIpc) is 2.07. The summed E-state index contributed by atoms with van der Waals surface area (Å²) in [6, 6.07) is 5.94. The Morgan fingerprint density at radius 1 is 1.50 bits per heavy atom. The van der Waals surface area contributed by atoms with Gasteiger partial charge in [0.15, 0.2) is 0 Å². The van der Waals surface area contributed by atoms with Crippen LogP contribution in [0.3, 0.4) is 0 Å². The molecule has 0 radical (unpaired) electrons. The molecule has 0 saturated heterocycles. The van der Waals surface area contributed by atoms with E-state index in [1.165, 1.54) is 0 Å². The van der Waals surface area contributed by atoms with E-state index in [-0.39, 0.29) is 6.42 Å². The maximum Gasteiger partial charge on any atom is 0.305 e. The van der Waals surface area contributed by atoms with Gasteiger partial charge >= 0.3 is 5.97 Å². The lowest BCUT2D eigenvalue weighted by atomic mass is 10.0. The van der Waals surface area contributed by atoms with E-state index >= 15 is 0 Å². The largest absolute Gasteiger partial charge is 0.481 e. The summed E-state index contributed by atoms with van der Waals surface area (Å²) in [7, 11) is 0. The Morgan fingerprint density at radius 2 is 2.12 bits per heavy atom. The van der Waals surface area contributed by atoms with Crippen molar-refractivity contribution in [1.82, 2.24) is 0 Å². The van der Waals surface area contributed by atoms with Crippen molar-refractivity contribution in [2.75, 3.05) is 5.32 Å². The molecule has 0 unspecified atom stereocenters. The summed E-state index contributed by atoms with van der Waals surface area (Å²) >= 11 is 3.46. The number of hydrogen-bond donors (Lipinski definition) is 2. The lowest BCUT2D eigenvalue weighted by Gasteiger charge is -2.26. The van der Waals surface area contributed by atoms with E-state index in [4.69, 9.17) is 5.11 Å². The normalized spacial score (nSPS) is 11.2. The third-order valence-electron chi connectivity index (χ3n) is 2.19. The predicted octanol–water partition coefficient (Wildman–Crippen LogP) is 3.42. The van der Waals surface area contributed by atoms with Crippen LogP contribution in [0, 0.1) is 6.92 Å². The van der Waals surface area contributed by atoms with E-state index in [2.05, 4.69) is 21.2 Å². The van der Waals surface area contributed by atoms with Gasteiger partial charge in [0, 0.05) is 15.7 Å². The van der Waals surface area contributed by atoms with Gasteiger partial charge in [0.1, 0.15) is 0 Å². The van der Waals surface area contributed by atoms with E-state index in [9.17, 15) is 4.79 Å². The lowest BCUT2D eigenvalue weighted by molar-refractivity contribution is -0.137. The van der Waals surface area contributed by atoms with E-state index < -0.39 is 11.5 Å². The lowest BCUT2D eigenvalue weighted by Crippen LogP contribution is -2.33. The Bertz CT molecular complexity index is 402. The van der Waals surface area contributed by atoms with Crippen molar-refractivity contribution in [3.8, 4) is 0 Å². The van der Waals surface area contributed by atoms with Crippen LogP contribution in [0.1, 0.15) is 25.8 Å². The van der Waals surface area contributed by atoms with Gasteiger partial charge in [-0.1, -0.05) is 6.07 Å². The molecule has 0 amide bonds. The average molecular weight is 286 g/mol. The van der Waals surface area contributed by atoms with Crippen LogP contribution in [0.2, 0.25) is 0 Å². The molecule has 0 aliphatic carbocycles. The van der Waals surface area contributed by atoms with Gasteiger partial charge in [-0.25, -0.2) is 0 Å². The van der Waals surface area contributed by atoms with Crippen LogP contribution in [-0.4, -0.2) is 16.6 Å².